The fourth-order valence-electron chi connectivity index (χ4n) is 2.34. The van der Waals surface area contributed by atoms with Crippen molar-refractivity contribution in [1.29, 1.82) is 0 Å². The van der Waals surface area contributed by atoms with Crippen LogP contribution in [0, 0.1) is 0 Å². The predicted molar refractivity (Wildman–Crippen MR) is 108 cm³/mol. The summed E-state index contributed by atoms with van der Waals surface area (Å²) in [5.74, 6) is 1.31. The van der Waals surface area contributed by atoms with Gasteiger partial charge < -0.3 is 14.8 Å². The number of amides is 1. The standard InChI is InChI=1S/C21H17Cl2NO3/c1-14(26-18-9-5-6-15(22)12-18)21(25)24-19-13-16(23)10-11-20(19)27-17-7-3-2-4-8-17/h2-14H,1H3,(H,24,25)/t14-/m0/s1. The molecule has 0 saturated heterocycles. The Bertz CT molecular complexity index is 932. The number of rotatable bonds is 6. The van der Waals surface area contributed by atoms with Crippen LogP contribution in [0.3, 0.4) is 0 Å². The van der Waals surface area contributed by atoms with E-state index in [2.05, 4.69) is 5.32 Å². The van der Waals surface area contributed by atoms with E-state index in [0.717, 1.165) is 0 Å². The van der Waals surface area contributed by atoms with Gasteiger partial charge in [-0.25, -0.2) is 0 Å². The highest BCUT2D eigenvalue weighted by molar-refractivity contribution is 6.31. The summed E-state index contributed by atoms with van der Waals surface area (Å²) in [4.78, 5) is 12.5. The zero-order valence-electron chi connectivity index (χ0n) is 14.5. The van der Waals surface area contributed by atoms with E-state index in [1.165, 1.54) is 0 Å². The Balaban J connectivity index is 1.73. The largest absolute Gasteiger partial charge is 0.481 e. The fourth-order valence-corrected chi connectivity index (χ4v) is 2.69. The van der Waals surface area contributed by atoms with E-state index in [0.29, 0.717) is 33.0 Å². The van der Waals surface area contributed by atoms with Crippen molar-refractivity contribution in [2.24, 2.45) is 0 Å². The third kappa shape index (κ3) is 5.39. The second-order valence-corrected chi connectivity index (χ2v) is 6.64. The van der Waals surface area contributed by atoms with E-state index in [-0.39, 0.29) is 5.91 Å². The number of carbonyl (C=O) groups excluding carboxylic acids is 1. The molecule has 0 heterocycles. The van der Waals surface area contributed by atoms with E-state index in [4.69, 9.17) is 32.7 Å². The van der Waals surface area contributed by atoms with Crippen LogP contribution in [0.4, 0.5) is 5.69 Å². The first-order valence-corrected chi connectivity index (χ1v) is 9.02. The van der Waals surface area contributed by atoms with Gasteiger partial charge in [0.25, 0.3) is 5.91 Å². The summed E-state index contributed by atoms with van der Waals surface area (Å²) >= 11 is 12.0. The first-order valence-electron chi connectivity index (χ1n) is 8.27. The molecule has 1 N–H and O–H groups in total. The van der Waals surface area contributed by atoms with Crippen molar-refractivity contribution in [2.75, 3.05) is 5.32 Å². The molecule has 0 unspecified atom stereocenters. The highest BCUT2D eigenvalue weighted by Crippen LogP contribution is 2.32. The molecule has 0 aliphatic carbocycles. The highest BCUT2D eigenvalue weighted by atomic mass is 35.5. The maximum Gasteiger partial charge on any atom is 0.265 e. The topological polar surface area (TPSA) is 47.6 Å². The molecule has 27 heavy (non-hydrogen) atoms. The third-order valence-corrected chi connectivity index (χ3v) is 4.12. The minimum Gasteiger partial charge on any atom is -0.481 e. The molecule has 0 aliphatic heterocycles. The first-order chi connectivity index (χ1) is 13.0. The number of hydrogen-bond acceptors (Lipinski definition) is 3. The number of ether oxygens (including phenoxy) is 2. The third-order valence-electron chi connectivity index (χ3n) is 3.65. The lowest BCUT2D eigenvalue weighted by Crippen LogP contribution is -2.30. The van der Waals surface area contributed by atoms with Crippen molar-refractivity contribution in [3.63, 3.8) is 0 Å². The Morgan fingerprint density at radius 1 is 0.889 bits per heavy atom. The molecule has 0 aromatic heterocycles. The van der Waals surface area contributed by atoms with Crippen molar-refractivity contribution in [2.45, 2.75) is 13.0 Å². The van der Waals surface area contributed by atoms with Gasteiger partial charge in [-0.15, -0.1) is 0 Å². The fraction of sp³-hybridized carbons (Fsp3) is 0.0952. The Morgan fingerprint density at radius 3 is 2.33 bits per heavy atom. The van der Waals surface area contributed by atoms with Gasteiger partial charge in [0.05, 0.1) is 5.69 Å². The first kappa shape index (κ1) is 19.1. The second kappa shape index (κ2) is 8.80. The van der Waals surface area contributed by atoms with Gasteiger partial charge in [0.1, 0.15) is 11.5 Å². The molecule has 0 bridgehead atoms. The van der Waals surface area contributed by atoms with E-state index in [1.807, 2.05) is 30.3 Å². The minimum atomic E-state index is -0.743. The zero-order chi connectivity index (χ0) is 19.2. The van der Waals surface area contributed by atoms with Crippen molar-refractivity contribution in [3.8, 4) is 17.2 Å². The van der Waals surface area contributed by atoms with Crippen LogP contribution in [0.5, 0.6) is 17.2 Å². The summed E-state index contributed by atoms with van der Waals surface area (Å²) in [6.07, 6.45) is -0.743. The summed E-state index contributed by atoms with van der Waals surface area (Å²) in [7, 11) is 0. The number of nitrogens with one attached hydrogen (secondary N) is 1. The van der Waals surface area contributed by atoms with E-state index in [1.54, 1.807) is 49.4 Å². The maximum absolute atomic E-state index is 12.5. The van der Waals surface area contributed by atoms with Crippen LogP contribution in [-0.2, 0) is 4.79 Å². The average Bonchev–Trinajstić information content (AvgIpc) is 2.65. The molecule has 0 fully saturated rings. The van der Waals surface area contributed by atoms with Crippen LogP contribution in [-0.4, -0.2) is 12.0 Å². The molecule has 3 rings (SSSR count). The number of para-hydroxylation sites is 1. The van der Waals surface area contributed by atoms with Crippen molar-refractivity contribution >= 4 is 34.8 Å². The second-order valence-electron chi connectivity index (χ2n) is 5.76. The lowest BCUT2D eigenvalue weighted by molar-refractivity contribution is -0.122. The summed E-state index contributed by atoms with van der Waals surface area (Å²) in [5, 5.41) is 3.82. The highest BCUT2D eigenvalue weighted by Gasteiger charge is 2.17. The molecule has 3 aromatic rings. The molecule has 138 valence electrons. The molecule has 1 amide bonds. The number of anilines is 1. The van der Waals surface area contributed by atoms with Gasteiger partial charge in [0.2, 0.25) is 0 Å². The van der Waals surface area contributed by atoms with Gasteiger partial charge in [0, 0.05) is 10.0 Å². The number of carbonyl (C=O) groups is 1. The molecular weight excluding hydrogens is 385 g/mol. The van der Waals surface area contributed by atoms with E-state index in [9.17, 15) is 4.79 Å². The number of hydrogen-bond donors (Lipinski definition) is 1. The quantitative estimate of drug-likeness (QED) is 0.535. The summed E-state index contributed by atoms with van der Waals surface area (Å²) in [5.41, 5.74) is 0.456. The molecule has 0 radical (unpaired) electrons. The van der Waals surface area contributed by atoms with Crippen LogP contribution in [0.25, 0.3) is 0 Å². The molecule has 3 aromatic carbocycles. The maximum atomic E-state index is 12.5. The van der Waals surface area contributed by atoms with Crippen LogP contribution in [0.2, 0.25) is 10.0 Å². The van der Waals surface area contributed by atoms with Gasteiger partial charge in [0.15, 0.2) is 11.9 Å². The SMILES string of the molecule is C[C@H](Oc1cccc(Cl)c1)C(=O)Nc1cc(Cl)ccc1Oc1ccccc1. The van der Waals surface area contributed by atoms with Crippen molar-refractivity contribution < 1.29 is 14.3 Å². The predicted octanol–water partition coefficient (Wildman–Crippen LogP) is 6.19. The summed E-state index contributed by atoms with van der Waals surface area (Å²) in [6.45, 7) is 1.65. The Morgan fingerprint density at radius 2 is 1.59 bits per heavy atom. The molecule has 0 aliphatic rings. The molecule has 6 heteroatoms. The van der Waals surface area contributed by atoms with Crippen LogP contribution in [0.15, 0.2) is 72.8 Å². The van der Waals surface area contributed by atoms with Crippen molar-refractivity contribution in [1.82, 2.24) is 0 Å². The van der Waals surface area contributed by atoms with E-state index >= 15 is 0 Å². The normalized spacial score (nSPS) is 11.5. The van der Waals surface area contributed by atoms with Gasteiger partial charge in [-0.2, -0.15) is 0 Å². The van der Waals surface area contributed by atoms with Crippen LogP contribution >= 0.6 is 23.2 Å². The molecular formula is C21H17Cl2NO3. The van der Waals surface area contributed by atoms with Crippen LogP contribution < -0.4 is 14.8 Å². The van der Waals surface area contributed by atoms with Crippen molar-refractivity contribution in [3.05, 3.63) is 82.8 Å². The Kier molecular flexibility index (Phi) is 6.22. The molecule has 0 spiro atoms. The molecule has 1 atom stereocenters. The number of halogens is 2. The zero-order valence-corrected chi connectivity index (χ0v) is 16.0. The number of benzene rings is 3. The monoisotopic (exact) mass is 401 g/mol. The van der Waals surface area contributed by atoms with Gasteiger partial charge >= 0.3 is 0 Å². The van der Waals surface area contributed by atoms with Gasteiger partial charge in [-0.3, -0.25) is 4.79 Å². The van der Waals surface area contributed by atoms with Gasteiger partial charge in [-0.1, -0.05) is 47.5 Å². The Labute approximate surface area is 167 Å². The Hall–Kier alpha value is -2.69. The smallest absolute Gasteiger partial charge is 0.265 e. The molecule has 0 saturated carbocycles. The summed E-state index contributed by atoms with van der Waals surface area (Å²) < 4.78 is 11.5. The van der Waals surface area contributed by atoms with Gasteiger partial charge in [-0.05, 0) is 55.5 Å². The van der Waals surface area contributed by atoms with E-state index < -0.39 is 6.10 Å². The summed E-state index contributed by atoms with van der Waals surface area (Å²) in [6, 6.07) is 21.2. The van der Waals surface area contributed by atoms with Crippen LogP contribution in [0.1, 0.15) is 6.92 Å². The lowest BCUT2D eigenvalue weighted by Gasteiger charge is -2.17. The minimum absolute atomic E-state index is 0.338. The molecule has 4 nitrogen and oxygen atoms in total. The lowest BCUT2D eigenvalue weighted by atomic mass is 10.2. The average molecular weight is 402 g/mol.